The summed E-state index contributed by atoms with van der Waals surface area (Å²) in [5.41, 5.74) is 5.17. The van der Waals surface area contributed by atoms with Gasteiger partial charge >= 0.3 is 0 Å². The molecule has 0 atom stereocenters. The van der Waals surface area contributed by atoms with Gasteiger partial charge in [-0.1, -0.05) is 32.6 Å². The van der Waals surface area contributed by atoms with Crippen molar-refractivity contribution in [3.05, 3.63) is 0 Å². The van der Waals surface area contributed by atoms with Crippen molar-refractivity contribution in [2.75, 3.05) is 13.1 Å². The summed E-state index contributed by atoms with van der Waals surface area (Å²) in [6, 6.07) is 0. The monoisotopic (exact) mass is 319 g/mol. The molecule has 0 aromatic rings. The Bertz CT molecular complexity index is 407. The maximum atomic E-state index is 12.9. The van der Waals surface area contributed by atoms with E-state index in [4.69, 9.17) is 5.73 Å². The van der Waals surface area contributed by atoms with Crippen LogP contribution in [0.5, 0.6) is 0 Å². The molecule has 5 nitrogen and oxygen atoms in total. The first kappa shape index (κ1) is 18.9. The third-order valence-corrected chi connectivity index (χ3v) is 6.12. The molecule has 1 saturated carbocycles. The lowest BCUT2D eigenvalue weighted by Crippen LogP contribution is -2.61. The van der Waals surface area contributed by atoms with Crippen molar-refractivity contribution in [2.45, 2.75) is 83.7 Å². The van der Waals surface area contributed by atoms with E-state index in [-0.39, 0.29) is 0 Å². The van der Waals surface area contributed by atoms with Crippen molar-refractivity contribution in [2.24, 2.45) is 5.73 Å². The Balaban J connectivity index is 3.12. The lowest BCUT2D eigenvalue weighted by Gasteiger charge is -2.43. The summed E-state index contributed by atoms with van der Waals surface area (Å²) in [4.78, 5) is 0. The van der Waals surface area contributed by atoms with E-state index in [0.29, 0.717) is 13.1 Å². The summed E-state index contributed by atoms with van der Waals surface area (Å²) in [6.07, 6.45) is 7.00. The molecule has 0 spiro atoms. The summed E-state index contributed by atoms with van der Waals surface area (Å²) < 4.78 is 30.2. The first-order valence-corrected chi connectivity index (χ1v) is 9.63. The van der Waals surface area contributed by atoms with Gasteiger partial charge in [0.1, 0.15) is 0 Å². The molecule has 0 unspecified atom stereocenters. The minimum atomic E-state index is -3.53. The van der Waals surface area contributed by atoms with Crippen LogP contribution in [0.1, 0.15) is 72.6 Å². The first-order valence-electron chi connectivity index (χ1n) is 8.19. The summed E-state index contributed by atoms with van der Waals surface area (Å²) in [7, 11) is -3.53. The molecule has 0 saturated heterocycles. The van der Waals surface area contributed by atoms with E-state index < -0.39 is 21.3 Å². The van der Waals surface area contributed by atoms with Crippen molar-refractivity contribution in [1.29, 1.82) is 0 Å². The van der Waals surface area contributed by atoms with Crippen LogP contribution in [0.15, 0.2) is 0 Å². The minimum Gasteiger partial charge on any atom is -0.329 e. The highest BCUT2D eigenvalue weighted by molar-refractivity contribution is 7.87. The first-order chi connectivity index (χ1) is 9.67. The Morgan fingerprint density at radius 2 is 1.67 bits per heavy atom. The zero-order valence-electron chi connectivity index (χ0n) is 14.1. The average molecular weight is 320 g/mol. The quantitative estimate of drug-likeness (QED) is 0.738. The van der Waals surface area contributed by atoms with Gasteiger partial charge in [0.25, 0.3) is 10.2 Å². The molecule has 1 rings (SSSR count). The van der Waals surface area contributed by atoms with E-state index in [1.54, 1.807) is 4.31 Å². The predicted molar refractivity (Wildman–Crippen MR) is 88.3 cm³/mol. The van der Waals surface area contributed by atoms with E-state index in [9.17, 15) is 8.42 Å². The Labute approximate surface area is 130 Å². The number of hydrogen-bond acceptors (Lipinski definition) is 3. The van der Waals surface area contributed by atoms with Gasteiger partial charge in [-0.3, -0.25) is 0 Å². The van der Waals surface area contributed by atoms with Crippen LogP contribution in [0.2, 0.25) is 0 Å². The van der Waals surface area contributed by atoms with Crippen molar-refractivity contribution in [1.82, 2.24) is 9.03 Å². The van der Waals surface area contributed by atoms with Crippen molar-refractivity contribution in [3.63, 3.8) is 0 Å². The van der Waals surface area contributed by atoms with Gasteiger partial charge < -0.3 is 5.73 Å². The SMILES string of the molecule is CCCN(C1(CN)CCCCCC1)S(=O)(=O)NC(C)(C)C. The highest BCUT2D eigenvalue weighted by Gasteiger charge is 2.43. The van der Waals surface area contributed by atoms with Gasteiger partial charge in [-0.05, 0) is 40.0 Å². The molecule has 0 bridgehead atoms. The van der Waals surface area contributed by atoms with Crippen LogP contribution in [0.25, 0.3) is 0 Å². The van der Waals surface area contributed by atoms with E-state index in [2.05, 4.69) is 4.72 Å². The number of rotatable bonds is 6. The Kier molecular flexibility index (Phi) is 6.65. The summed E-state index contributed by atoms with van der Waals surface area (Å²) in [6.45, 7) is 8.56. The fourth-order valence-corrected chi connectivity index (χ4v) is 5.27. The van der Waals surface area contributed by atoms with Crippen LogP contribution in [0, 0.1) is 0 Å². The summed E-state index contributed by atoms with van der Waals surface area (Å²) >= 11 is 0. The molecule has 1 aliphatic carbocycles. The molecule has 3 N–H and O–H groups in total. The third kappa shape index (κ3) is 5.20. The molecule has 126 valence electrons. The number of hydrogen-bond donors (Lipinski definition) is 2. The second-order valence-corrected chi connectivity index (χ2v) is 8.87. The molecule has 0 aromatic heterocycles. The van der Waals surface area contributed by atoms with Crippen LogP contribution in [-0.4, -0.2) is 36.9 Å². The minimum absolute atomic E-state index is 0.401. The van der Waals surface area contributed by atoms with E-state index in [1.165, 1.54) is 12.8 Å². The number of nitrogens with two attached hydrogens (primary N) is 1. The molecule has 0 amide bonds. The van der Waals surface area contributed by atoms with Crippen molar-refractivity contribution < 1.29 is 8.42 Å². The molecule has 6 heteroatoms. The summed E-state index contributed by atoms with van der Waals surface area (Å²) in [5.74, 6) is 0. The second kappa shape index (κ2) is 7.40. The Morgan fingerprint density at radius 3 is 2.05 bits per heavy atom. The Hall–Kier alpha value is -0.170. The molecule has 1 fully saturated rings. The molecular weight excluding hydrogens is 286 g/mol. The number of nitrogens with zero attached hydrogens (tertiary/aromatic N) is 1. The topological polar surface area (TPSA) is 75.4 Å². The average Bonchev–Trinajstić information content (AvgIpc) is 2.59. The molecule has 0 heterocycles. The number of nitrogens with one attached hydrogen (secondary N) is 1. The molecular formula is C15H33N3O2S. The van der Waals surface area contributed by atoms with Crippen molar-refractivity contribution >= 4 is 10.2 Å². The summed E-state index contributed by atoms with van der Waals surface area (Å²) in [5, 5.41) is 0. The normalized spacial score (nSPS) is 20.5. The maximum Gasteiger partial charge on any atom is 0.280 e. The van der Waals surface area contributed by atoms with Crippen LogP contribution >= 0.6 is 0 Å². The zero-order chi connectivity index (χ0) is 16.1. The van der Waals surface area contributed by atoms with Crippen molar-refractivity contribution in [3.8, 4) is 0 Å². The van der Waals surface area contributed by atoms with Crippen LogP contribution in [-0.2, 0) is 10.2 Å². The van der Waals surface area contributed by atoms with Gasteiger partial charge in [-0.2, -0.15) is 17.4 Å². The highest BCUT2D eigenvalue weighted by Crippen LogP contribution is 2.34. The van der Waals surface area contributed by atoms with Gasteiger partial charge in [0, 0.05) is 24.2 Å². The van der Waals surface area contributed by atoms with Gasteiger partial charge in [-0.15, -0.1) is 0 Å². The smallest absolute Gasteiger partial charge is 0.280 e. The standard InChI is InChI=1S/C15H33N3O2S/c1-5-12-18(21(19,20)17-14(2,3)4)15(13-16)10-8-6-7-9-11-15/h17H,5-13,16H2,1-4H3. The molecule has 0 aromatic carbocycles. The third-order valence-electron chi connectivity index (χ3n) is 4.10. The molecule has 0 radical (unpaired) electrons. The zero-order valence-corrected chi connectivity index (χ0v) is 14.9. The van der Waals surface area contributed by atoms with Gasteiger partial charge in [0.15, 0.2) is 0 Å². The van der Waals surface area contributed by atoms with Gasteiger partial charge in [0.05, 0.1) is 0 Å². The Morgan fingerprint density at radius 1 is 1.14 bits per heavy atom. The molecule has 0 aliphatic heterocycles. The van der Waals surface area contributed by atoms with Gasteiger partial charge in [0.2, 0.25) is 0 Å². The van der Waals surface area contributed by atoms with E-state index in [1.807, 2.05) is 27.7 Å². The molecule has 21 heavy (non-hydrogen) atoms. The lowest BCUT2D eigenvalue weighted by atomic mass is 9.90. The largest absolute Gasteiger partial charge is 0.329 e. The highest BCUT2D eigenvalue weighted by atomic mass is 32.2. The van der Waals surface area contributed by atoms with Gasteiger partial charge in [-0.25, -0.2) is 0 Å². The fourth-order valence-electron chi connectivity index (χ4n) is 3.20. The van der Waals surface area contributed by atoms with Crippen LogP contribution in [0.3, 0.4) is 0 Å². The second-order valence-electron chi connectivity index (χ2n) is 7.27. The van der Waals surface area contributed by atoms with Crippen LogP contribution in [0.4, 0.5) is 0 Å². The van der Waals surface area contributed by atoms with E-state index >= 15 is 0 Å². The lowest BCUT2D eigenvalue weighted by molar-refractivity contribution is 0.163. The molecule has 1 aliphatic rings. The predicted octanol–water partition coefficient (Wildman–Crippen LogP) is 2.38. The van der Waals surface area contributed by atoms with E-state index in [0.717, 1.165) is 32.1 Å². The maximum absolute atomic E-state index is 12.9. The van der Waals surface area contributed by atoms with Crippen LogP contribution < -0.4 is 10.5 Å². The fraction of sp³-hybridized carbons (Fsp3) is 1.00.